The Kier molecular flexibility index (Phi) is 2.89. The van der Waals surface area contributed by atoms with Crippen LogP contribution in [0.5, 0.6) is 0 Å². The average molecular weight is 182 g/mol. The minimum atomic E-state index is -0.0475. The Hall–Kier alpha value is -0.660. The van der Waals surface area contributed by atoms with Gasteiger partial charge in [-0.05, 0) is 17.8 Å². The van der Waals surface area contributed by atoms with Crippen molar-refractivity contribution in [3.05, 3.63) is 0 Å². The zero-order chi connectivity index (χ0) is 10.1. The van der Waals surface area contributed by atoms with Gasteiger partial charge in [0.1, 0.15) is 12.1 Å². The van der Waals surface area contributed by atoms with E-state index in [2.05, 4.69) is 20.8 Å². The van der Waals surface area contributed by atoms with E-state index in [-0.39, 0.29) is 17.1 Å². The number of hydrogen-bond acceptors (Lipinski definition) is 2. The quantitative estimate of drug-likeness (QED) is 0.614. The molecule has 1 fully saturated rings. The fourth-order valence-corrected chi connectivity index (χ4v) is 2.19. The number of aldehydes is 1. The lowest BCUT2D eigenvalue weighted by Crippen LogP contribution is -2.41. The van der Waals surface area contributed by atoms with E-state index in [0.717, 1.165) is 12.7 Å². The van der Waals surface area contributed by atoms with Crippen molar-refractivity contribution in [2.45, 2.75) is 40.0 Å². The summed E-state index contributed by atoms with van der Waals surface area (Å²) in [6.45, 7) is 6.37. The Bertz CT molecular complexity index is 218. The number of Topliss-reactive ketones (excluding diaryl/α,β-unsaturated/α-hetero) is 1. The van der Waals surface area contributed by atoms with Gasteiger partial charge in [0, 0.05) is 18.8 Å². The van der Waals surface area contributed by atoms with E-state index in [1.54, 1.807) is 0 Å². The summed E-state index contributed by atoms with van der Waals surface area (Å²) in [5, 5.41) is 0. The van der Waals surface area contributed by atoms with Crippen LogP contribution in [0.1, 0.15) is 40.0 Å². The molecule has 0 spiro atoms. The number of carbonyl (C=O) groups is 2. The third kappa shape index (κ3) is 1.82. The van der Waals surface area contributed by atoms with Gasteiger partial charge in [0.25, 0.3) is 0 Å². The molecule has 0 bridgehead atoms. The second kappa shape index (κ2) is 3.60. The topological polar surface area (TPSA) is 34.1 Å². The molecule has 2 atom stereocenters. The molecule has 2 unspecified atom stereocenters. The van der Waals surface area contributed by atoms with Gasteiger partial charge in [-0.3, -0.25) is 4.79 Å². The number of carbonyl (C=O) groups excluding carboxylic acids is 2. The molecule has 1 rings (SSSR count). The predicted molar refractivity (Wildman–Crippen MR) is 51.4 cm³/mol. The van der Waals surface area contributed by atoms with Crippen LogP contribution in [0.3, 0.4) is 0 Å². The summed E-state index contributed by atoms with van der Waals surface area (Å²) < 4.78 is 0. The summed E-state index contributed by atoms with van der Waals surface area (Å²) in [6, 6.07) is 0. The Morgan fingerprint density at radius 3 is 2.69 bits per heavy atom. The highest BCUT2D eigenvalue weighted by molar-refractivity contribution is 5.84. The summed E-state index contributed by atoms with van der Waals surface area (Å²) in [5.74, 6) is 0.763. The van der Waals surface area contributed by atoms with E-state index >= 15 is 0 Å². The summed E-state index contributed by atoms with van der Waals surface area (Å²) >= 11 is 0. The van der Waals surface area contributed by atoms with E-state index < -0.39 is 0 Å². The lowest BCUT2D eigenvalue weighted by molar-refractivity contribution is -0.134. The summed E-state index contributed by atoms with van der Waals surface area (Å²) in [7, 11) is 0. The van der Waals surface area contributed by atoms with Crippen molar-refractivity contribution in [2.75, 3.05) is 0 Å². The molecule has 1 saturated carbocycles. The van der Waals surface area contributed by atoms with Gasteiger partial charge in [-0.1, -0.05) is 20.8 Å². The standard InChI is InChI=1S/C11H18O2/c1-8-4-5-10(13)9(6-7-12)11(8,2)3/h7-9H,4-6H2,1-3H3. The Morgan fingerprint density at radius 1 is 1.54 bits per heavy atom. The summed E-state index contributed by atoms with van der Waals surface area (Å²) in [5.41, 5.74) is -0.00373. The molecule has 2 nitrogen and oxygen atoms in total. The van der Waals surface area contributed by atoms with Crippen LogP contribution in [0, 0.1) is 17.3 Å². The van der Waals surface area contributed by atoms with E-state index in [1.165, 1.54) is 0 Å². The van der Waals surface area contributed by atoms with Gasteiger partial charge in [0.2, 0.25) is 0 Å². The molecular formula is C11H18O2. The highest BCUT2D eigenvalue weighted by Crippen LogP contribution is 2.44. The first-order chi connectivity index (χ1) is 6.00. The molecule has 1 aliphatic carbocycles. The number of hydrogen-bond donors (Lipinski definition) is 0. The van der Waals surface area contributed by atoms with Crippen LogP contribution in [0.2, 0.25) is 0 Å². The molecule has 0 heterocycles. The predicted octanol–water partition coefficient (Wildman–Crippen LogP) is 2.22. The molecule has 74 valence electrons. The molecule has 0 amide bonds. The normalized spacial score (nSPS) is 33.0. The van der Waals surface area contributed by atoms with Crippen molar-refractivity contribution >= 4 is 12.1 Å². The van der Waals surface area contributed by atoms with Crippen LogP contribution >= 0.6 is 0 Å². The van der Waals surface area contributed by atoms with E-state index in [4.69, 9.17) is 0 Å². The molecule has 1 aliphatic rings. The van der Waals surface area contributed by atoms with Gasteiger partial charge in [-0.25, -0.2) is 0 Å². The van der Waals surface area contributed by atoms with Gasteiger partial charge in [-0.15, -0.1) is 0 Å². The Balaban J connectivity index is 2.84. The van der Waals surface area contributed by atoms with Crippen molar-refractivity contribution in [3.8, 4) is 0 Å². The van der Waals surface area contributed by atoms with Gasteiger partial charge in [0.05, 0.1) is 0 Å². The zero-order valence-corrected chi connectivity index (χ0v) is 8.67. The fraction of sp³-hybridized carbons (Fsp3) is 0.818. The zero-order valence-electron chi connectivity index (χ0n) is 8.67. The van der Waals surface area contributed by atoms with E-state index in [9.17, 15) is 9.59 Å². The van der Waals surface area contributed by atoms with Crippen LogP contribution < -0.4 is 0 Å². The van der Waals surface area contributed by atoms with Gasteiger partial charge < -0.3 is 4.79 Å². The highest BCUT2D eigenvalue weighted by atomic mass is 16.1. The molecule has 13 heavy (non-hydrogen) atoms. The van der Waals surface area contributed by atoms with Crippen LogP contribution in [-0.2, 0) is 9.59 Å². The second-order valence-corrected chi connectivity index (χ2v) is 4.68. The fourth-order valence-electron chi connectivity index (χ4n) is 2.19. The van der Waals surface area contributed by atoms with E-state index in [1.807, 2.05) is 0 Å². The maximum absolute atomic E-state index is 11.6. The molecule has 2 heteroatoms. The molecule has 0 aliphatic heterocycles. The summed E-state index contributed by atoms with van der Waals surface area (Å²) in [4.78, 5) is 22.0. The van der Waals surface area contributed by atoms with Crippen LogP contribution in [0.15, 0.2) is 0 Å². The van der Waals surface area contributed by atoms with Crippen LogP contribution in [-0.4, -0.2) is 12.1 Å². The minimum absolute atomic E-state index is 0.00373. The van der Waals surface area contributed by atoms with Crippen LogP contribution in [0.4, 0.5) is 0 Å². The van der Waals surface area contributed by atoms with Crippen molar-refractivity contribution in [1.82, 2.24) is 0 Å². The highest BCUT2D eigenvalue weighted by Gasteiger charge is 2.42. The lowest BCUT2D eigenvalue weighted by Gasteiger charge is -2.42. The van der Waals surface area contributed by atoms with Gasteiger partial charge >= 0.3 is 0 Å². The maximum Gasteiger partial charge on any atom is 0.136 e. The van der Waals surface area contributed by atoms with Crippen molar-refractivity contribution in [3.63, 3.8) is 0 Å². The third-order valence-electron chi connectivity index (χ3n) is 3.71. The van der Waals surface area contributed by atoms with Crippen molar-refractivity contribution in [2.24, 2.45) is 17.3 Å². The van der Waals surface area contributed by atoms with Crippen molar-refractivity contribution < 1.29 is 9.59 Å². The molecule has 0 aromatic rings. The largest absolute Gasteiger partial charge is 0.303 e. The average Bonchev–Trinajstić information content (AvgIpc) is 2.06. The molecule has 0 N–H and O–H groups in total. The smallest absolute Gasteiger partial charge is 0.136 e. The van der Waals surface area contributed by atoms with Gasteiger partial charge in [-0.2, -0.15) is 0 Å². The maximum atomic E-state index is 11.6. The number of rotatable bonds is 2. The SMILES string of the molecule is CC1CCC(=O)C(CC=O)C1(C)C. The van der Waals surface area contributed by atoms with E-state index in [0.29, 0.717) is 18.8 Å². The van der Waals surface area contributed by atoms with Gasteiger partial charge in [0.15, 0.2) is 0 Å². The third-order valence-corrected chi connectivity index (χ3v) is 3.71. The first-order valence-electron chi connectivity index (χ1n) is 4.96. The Labute approximate surface area is 79.7 Å². The summed E-state index contributed by atoms with van der Waals surface area (Å²) in [6.07, 6.45) is 2.91. The first kappa shape index (κ1) is 10.4. The second-order valence-electron chi connectivity index (χ2n) is 4.68. The minimum Gasteiger partial charge on any atom is -0.303 e. The molecule has 0 saturated heterocycles. The first-order valence-corrected chi connectivity index (χ1v) is 4.96. The lowest BCUT2D eigenvalue weighted by atomic mass is 9.61. The van der Waals surface area contributed by atoms with Crippen LogP contribution in [0.25, 0.3) is 0 Å². The monoisotopic (exact) mass is 182 g/mol. The molecule has 0 aromatic carbocycles. The van der Waals surface area contributed by atoms with Crippen molar-refractivity contribution in [1.29, 1.82) is 0 Å². The Morgan fingerprint density at radius 2 is 2.15 bits per heavy atom. The molecular weight excluding hydrogens is 164 g/mol. The molecule has 0 aromatic heterocycles. The number of ketones is 1. The molecule has 0 radical (unpaired) electrons.